The summed E-state index contributed by atoms with van der Waals surface area (Å²) in [6.45, 7) is 0. The molecule has 1 N–H and O–H groups in total. The third kappa shape index (κ3) is 1.41. The lowest BCUT2D eigenvalue weighted by Gasteiger charge is -2.09. The van der Waals surface area contributed by atoms with E-state index in [2.05, 4.69) is 33.9 Å². The number of aryl methyl sites for hydroxylation is 2. The average molecular weight is 258 g/mol. The van der Waals surface area contributed by atoms with Crippen molar-refractivity contribution in [3.63, 3.8) is 0 Å². The van der Waals surface area contributed by atoms with E-state index in [1.54, 1.807) is 11.3 Å². The van der Waals surface area contributed by atoms with Gasteiger partial charge < -0.3 is 4.98 Å². The number of hydrogen-bond acceptors (Lipinski definition) is 3. The van der Waals surface area contributed by atoms with Gasteiger partial charge in [-0.25, -0.2) is 4.98 Å². The molecule has 0 aromatic carbocycles. The van der Waals surface area contributed by atoms with Gasteiger partial charge >= 0.3 is 0 Å². The topological polar surface area (TPSA) is 28.7 Å². The van der Waals surface area contributed by atoms with Gasteiger partial charge in [-0.3, -0.25) is 0 Å². The molecule has 2 nitrogen and oxygen atoms in total. The largest absolute Gasteiger partial charge is 0.341 e. The second-order valence-corrected chi connectivity index (χ2v) is 6.10. The van der Waals surface area contributed by atoms with Crippen LogP contribution in [0.5, 0.6) is 0 Å². The first-order valence-electron chi connectivity index (χ1n) is 5.61. The van der Waals surface area contributed by atoms with Gasteiger partial charge in [-0.1, -0.05) is 6.07 Å². The summed E-state index contributed by atoms with van der Waals surface area (Å²) in [5.41, 5.74) is 3.78. The van der Waals surface area contributed by atoms with Crippen LogP contribution >= 0.6 is 22.7 Å². The zero-order valence-electron chi connectivity index (χ0n) is 9.06. The molecule has 0 atom stereocenters. The van der Waals surface area contributed by atoms with Gasteiger partial charge in [0.25, 0.3) is 0 Å². The van der Waals surface area contributed by atoms with Crippen molar-refractivity contribution in [3.05, 3.63) is 39.5 Å². The van der Waals surface area contributed by atoms with Crippen molar-refractivity contribution in [2.24, 2.45) is 0 Å². The normalized spacial score (nSPS) is 13.4. The summed E-state index contributed by atoms with van der Waals surface area (Å²) in [6, 6.07) is 6.37. The van der Waals surface area contributed by atoms with Gasteiger partial charge in [0.2, 0.25) is 0 Å². The second kappa shape index (κ2) is 3.55. The molecule has 4 heteroatoms. The molecule has 3 heterocycles. The van der Waals surface area contributed by atoms with Gasteiger partial charge in [-0.2, -0.15) is 0 Å². The lowest BCUT2D eigenvalue weighted by molar-refractivity contribution is 0.927. The molecule has 0 radical (unpaired) electrons. The monoisotopic (exact) mass is 258 g/mol. The van der Waals surface area contributed by atoms with Crippen molar-refractivity contribution < 1.29 is 0 Å². The van der Waals surface area contributed by atoms with E-state index in [1.807, 2.05) is 11.3 Å². The molecule has 17 heavy (non-hydrogen) atoms. The number of thiophene rings is 2. The summed E-state index contributed by atoms with van der Waals surface area (Å²) in [4.78, 5) is 10.9. The van der Waals surface area contributed by atoms with Crippen molar-refractivity contribution >= 4 is 22.7 Å². The molecule has 1 aliphatic carbocycles. The molecule has 0 saturated carbocycles. The fraction of sp³-hybridized carbons (Fsp3) is 0.154. The molecule has 3 aromatic rings. The van der Waals surface area contributed by atoms with Gasteiger partial charge in [0.15, 0.2) is 0 Å². The lowest BCUT2D eigenvalue weighted by Crippen LogP contribution is -1.99. The molecule has 4 rings (SSSR count). The van der Waals surface area contributed by atoms with Crippen LogP contribution in [0.15, 0.2) is 29.0 Å². The summed E-state index contributed by atoms with van der Waals surface area (Å²) in [7, 11) is 0. The van der Waals surface area contributed by atoms with E-state index in [1.165, 1.54) is 21.0 Å². The second-order valence-electron chi connectivity index (χ2n) is 4.15. The van der Waals surface area contributed by atoms with E-state index < -0.39 is 0 Å². The third-order valence-corrected chi connectivity index (χ3v) is 4.99. The average Bonchev–Trinajstić information content (AvgIpc) is 3.08. The summed E-state index contributed by atoms with van der Waals surface area (Å²) in [5.74, 6) is 1.02. The number of nitrogens with one attached hydrogen (secondary N) is 1. The van der Waals surface area contributed by atoms with E-state index in [4.69, 9.17) is 4.98 Å². The maximum atomic E-state index is 4.77. The maximum absolute atomic E-state index is 4.77. The summed E-state index contributed by atoms with van der Waals surface area (Å²) >= 11 is 3.58. The Kier molecular flexibility index (Phi) is 2.01. The number of fused-ring (bicyclic) bond motifs is 3. The summed E-state index contributed by atoms with van der Waals surface area (Å²) in [6.07, 6.45) is 2.23. The molecule has 0 aliphatic heterocycles. The van der Waals surface area contributed by atoms with Crippen LogP contribution in [0.3, 0.4) is 0 Å². The minimum absolute atomic E-state index is 1.02. The first kappa shape index (κ1) is 9.62. The Hall–Kier alpha value is -1.39. The summed E-state index contributed by atoms with van der Waals surface area (Å²) in [5, 5.41) is 4.26. The van der Waals surface area contributed by atoms with Crippen molar-refractivity contribution in [3.8, 4) is 22.0 Å². The van der Waals surface area contributed by atoms with Gasteiger partial charge in [0.05, 0.1) is 10.6 Å². The minimum Gasteiger partial charge on any atom is -0.341 e. The highest BCUT2D eigenvalue weighted by atomic mass is 32.1. The molecule has 0 spiro atoms. The van der Waals surface area contributed by atoms with E-state index in [0.717, 1.165) is 24.4 Å². The van der Waals surface area contributed by atoms with Crippen molar-refractivity contribution in [1.29, 1.82) is 0 Å². The predicted molar refractivity (Wildman–Crippen MR) is 72.6 cm³/mol. The number of hydrogen-bond donors (Lipinski definition) is 1. The number of nitrogens with zero attached hydrogens (tertiary/aromatic N) is 1. The molecule has 3 aromatic heterocycles. The first-order valence-corrected chi connectivity index (χ1v) is 7.37. The Morgan fingerprint density at radius 2 is 2.12 bits per heavy atom. The Morgan fingerprint density at radius 1 is 1.12 bits per heavy atom. The highest BCUT2D eigenvalue weighted by molar-refractivity contribution is 7.13. The van der Waals surface area contributed by atoms with Gasteiger partial charge in [0.1, 0.15) is 5.82 Å². The van der Waals surface area contributed by atoms with Crippen LogP contribution in [0, 0.1) is 0 Å². The van der Waals surface area contributed by atoms with E-state index in [0.29, 0.717) is 0 Å². The van der Waals surface area contributed by atoms with Crippen LogP contribution in [-0.4, -0.2) is 9.97 Å². The van der Waals surface area contributed by atoms with Crippen molar-refractivity contribution in [2.75, 3.05) is 0 Å². The molecule has 0 saturated heterocycles. The number of rotatable bonds is 1. The lowest BCUT2D eigenvalue weighted by atomic mass is 10.0. The zero-order valence-corrected chi connectivity index (χ0v) is 10.7. The van der Waals surface area contributed by atoms with Gasteiger partial charge in [-0.05, 0) is 35.7 Å². The number of aromatic amines is 1. The minimum atomic E-state index is 1.02. The molecular formula is C13H10N2S2. The predicted octanol–water partition coefficient (Wildman–Crippen LogP) is 3.97. The van der Waals surface area contributed by atoms with Crippen molar-refractivity contribution in [2.45, 2.75) is 12.8 Å². The quantitative estimate of drug-likeness (QED) is 0.703. The molecule has 1 aliphatic rings. The molecule has 0 unspecified atom stereocenters. The molecule has 0 amide bonds. The smallest absolute Gasteiger partial charge is 0.148 e. The van der Waals surface area contributed by atoms with Crippen LogP contribution in [-0.2, 0) is 12.8 Å². The fourth-order valence-corrected chi connectivity index (χ4v) is 3.88. The highest BCUT2D eigenvalue weighted by Gasteiger charge is 2.21. The maximum Gasteiger partial charge on any atom is 0.148 e. The fourth-order valence-electron chi connectivity index (χ4n) is 2.33. The first-order chi connectivity index (χ1) is 8.42. The highest BCUT2D eigenvalue weighted by Crippen LogP contribution is 2.37. The Bertz CT molecular complexity index is 661. The molecular weight excluding hydrogens is 248 g/mol. The van der Waals surface area contributed by atoms with Gasteiger partial charge in [-0.15, -0.1) is 22.7 Å². The Morgan fingerprint density at radius 3 is 3.00 bits per heavy atom. The number of imidazole rings is 1. The van der Waals surface area contributed by atoms with Crippen LogP contribution in [0.1, 0.15) is 10.6 Å². The molecule has 0 fully saturated rings. The molecule has 0 bridgehead atoms. The van der Waals surface area contributed by atoms with Crippen LogP contribution in [0.2, 0.25) is 0 Å². The number of aromatic nitrogens is 2. The van der Waals surface area contributed by atoms with Crippen LogP contribution in [0.25, 0.3) is 22.0 Å². The third-order valence-electron chi connectivity index (χ3n) is 3.14. The van der Waals surface area contributed by atoms with Crippen LogP contribution in [0.4, 0.5) is 0 Å². The van der Waals surface area contributed by atoms with Gasteiger partial charge in [0, 0.05) is 16.1 Å². The zero-order chi connectivity index (χ0) is 11.2. The SMILES string of the molecule is c1csc(-c2nc3c([nH]2)CCc2sccc2-3)c1. The standard InChI is InChI=1S/C13H10N2S2/c1-2-11(16-6-1)13-14-9-3-4-10-8(5-7-17-10)12(9)15-13/h1-2,5-7H,3-4H2,(H,14,15). The Balaban J connectivity index is 1.90. The van der Waals surface area contributed by atoms with Crippen LogP contribution < -0.4 is 0 Å². The summed E-state index contributed by atoms with van der Waals surface area (Å²) < 4.78 is 0. The Labute approximate surface area is 107 Å². The van der Waals surface area contributed by atoms with Crippen molar-refractivity contribution in [1.82, 2.24) is 9.97 Å². The van der Waals surface area contributed by atoms with E-state index in [-0.39, 0.29) is 0 Å². The molecule has 84 valence electrons. The number of H-pyrrole nitrogens is 1. The van der Waals surface area contributed by atoms with E-state index in [9.17, 15) is 0 Å². The van der Waals surface area contributed by atoms with E-state index >= 15 is 0 Å².